The van der Waals surface area contributed by atoms with Crippen molar-refractivity contribution in [2.24, 2.45) is 11.7 Å². The lowest BCUT2D eigenvalue weighted by atomic mass is 10.0. The Morgan fingerprint density at radius 3 is 2.65 bits per heavy atom. The van der Waals surface area contributed by atoms with Crippen molar-refractivity contribution in [2.75, 3.05) is 0 Å². The van der Waals surface area contributed by atoms with Gasteiger partial charge in [0.25, 0.3) is 0 Å². The minimum Gasteiger partial charge on any atom is -0.434 e. The summed E-state index contributed by atoms with van der Waals surface area (Å²) in [6.45, 7) is 0.703. The Kier molecular flexibility index (Phi) is 6.16. The van der Waals surface area contributed by atoms with Crippen molar-refractivity contribution in [1.29, 1.82) is 0 Å². The smallest absolute Gasteiger partial charge is 0.387 e. The van der Waals surface area contributed by atoms with Gasteiger partial charge in [-0.15, -0.1) is 0 Å². The van der Waals surface area contributed by atoms with Gasteiger partial charge in [0.1, 0.15) is 5.75 Å². The van der Waals surface area contributed by atoms with E-state index in [2.05, 4.69) is 10.1 Å². The molecule has 1 atom stereocenters. The lowest BCUT2D eigenvalue weighted by Gasteiger charge is -2.16. The summed E-state index contributed by atoms with van der Waals surface area (Å²) in [7, 11) is 0. The van der Waals surface area contributed by atoms with Crippen molar-refractivity contribution in [3.63, 3.8) is 0 Å². The van der Waals surface area contributed by atoms with Gasteiger partial charge in [-0.05, 0) is 24.1 Å². The number of rotatable bonds is 6. The quantitative estimate of drug-likeness (QED) is 0.849. The predicted octanol–water partition coefficient (Wildman–Crippen LogP) is 2.54. The Hall–Kier alpha value is -1.40. The first-order valence-corrected chi connectivity index (χ1v) is 6.45. The van der Waals surface area contributed by atoms with Crippen molar-refractivity contribution < 1.29 is 18.3 Å². The number of alkyl halides is 2. The molecule has 0 saturated heterocycles. The van der Waals surface area contributed by atoms with E-state index < -0.39 is 12.7 Å². The van der Waals surface area contributed by atoms with Gasteiger partial charge >= 0.3 is 6.61 Å². The summed E-state index contributed by atoms with van der Waals surface area (Å²) in [6, 6.07) is 3.57. The molecule has 0 aliphatic rings. The Labute approximate surface area is 121 Å². The number of carbonyl (C=O) groups is 1. The van der Waals surface area contributed by atoms with Crippen molar-refractivity contribution in [3.05, 3.63) is 28.8 Å². The molecule has 20 heavy (non-hydrogen) atoms. The molecule has 0 aromatic heterocycles. The summed E-state index contributed by atoms with van der Waals surface area (Å²) < 4.78 is 28.9. The van der Waals surface area contributed by atoms with Gasteiger partial charge in [-0.3, -0.25) is 4.79 Å². The van der Waals surface area contributed by atoms with Crippen LogP contribution in [0, 0.1) is 5.92 Å². The van der Waals surface area contributed by atoms with Crippen LogP contribution in [0.1, 0.15) is 19.4 Å². The molecule has 1 aromatic rings. The summed E-state index contributed by atoms with van der Waals surface area (Å²) >= 11 is 5.80. The number of benzene rings is 1. The van der Waals surface area contributed by atoms with Gasteiger partial charge in [0, 0.05) is 17.1 Å². The first-order valence-electron chi connectivity index (χ1n) is 6.07. The molecule has 0 aliphatic carbocycles. The Bertz CT molecular complexity index is 470. The zero-order valence-electron chi connectivity index (χ0n) is 11.2. The summed E-state index contributed by atoms with van der Waals surface area (Å²) in [5.74, 6) is -0.406. The Balaban J connectivity index is 2.76. The van der Waals surface area contributed by atoms with Gasteiger partial charge in [0.2, 0.25) is 5.91 Å². The number of amides is 1. The van der Waals surface area contributed by atoms with E-state index in [1.807, 2.05) is 13.8 Å². The van der Waals surface area contributed by atoms with Gasteiger partial charge in [-0.2, -0.15) is 8.78 Å². The second kappa shape index (κ2) is 7.40. The predicted molar refractivity (Wildman–Crippen MR) is 72.7 cm³/mol. The SMILES string of the molecule is CC(C)[C@H](N)C(=O)NCc1cc(Cl)ccc1OC(F)F. The number of ether oxygens (including phenoxy) is 1. The van der Waals surface area contributed by atoms with E-state index in [9.17, 15) is 13.6 Å². The van der Waals surface area contributed by atoms with E-state index >= 15 is 0 Å². The fourth-order valence-corrected chi connectivity index (χ4v) is 1.69. The molecule has 1 aromatic carbocycles. The third-order valence-corrected chi connectivity index (χ3v) is 2.95. The van der Waals surface area contributed by atoms with Crippen molar-refractivity contribution in [1.82, 2.24) is 5.32 Å². The molecule has 112 valence electrons. The Morgan fingerprint density at radius 1 is 1.45 bits per heavy atom. The summed E-state index contributed by atoms with van der Waals surface area (Å²) in [5.41, 5.74) is 6.05. The van der Waals surface area contributed by atoms with Crippen LogP contribution in [0.5, 0.6) is 5.75 Å². The van der Waals surface area contributed by atoms with Crippen LogP contribution in [-0.2, 0) is 11.3 Å². The standard InChI is InChI=1S/C13H17ClF2N2O2/c1-7(2)11(17)12(19)18-6-8-5-9(14)3-4-10(8)20-13(15)16/h3-5,7,11,13H,6,17H2,1-2H3,(H,18,19)/t11-/m0/s1. The maximum Gasteiger partial charge on any atom is 0.387 e. The second-order valence-electron chi connectivity index (χ2n) is 4.62. The van der Waals surface area contributed by atoms with Gasteiger partial charge in [-0.1, -0.05) is 25.4 Å². The number of hydrogen-bond donors (Lipinski definition) is 2. The van der Waals surface area contributed by atoms with Crippen LogP contribution in [0.25, 0.3) is 0 Å². The van der Waals surface area contributed by atoms with Crippen LogP contribution in [-0.4, -0.2) is 18.6 Å². The highest BCUT2D eigenvalue weighted by Gasteiger charge is 2.18. The minimum atomic E-state index is -2.94. The normalized spacial score (nSPS) is 12.6. The zero-order chi connectivity index (χ0) is 15.3. The molecule has 0 unspecified atom stereocenters. The highest BCUT2D eigenvalue weighted by Crippen LogP contribution is 2.24. The first kappa shape index (κ1) is 16.7. The van der Waals surface area contributed by atoms with Crippen LogP contribution in [0.2, 0.25) is 5.02 Å². The number of hydrogen-bond acceptors (Lipinski definition) is 3. The van der Waals surface area contributed by atoms with Crippen molar-refractivity contribution in [2.45, 2.75) is 33.0 Å². The Morgan fingerprint density at radius 2 is 2.10 bits per heavy atom. The van der Waals surface area contributed by atoms with E-state index in [1.54, 1.807) is 0 Å². The fraction of sp³-hybridized carbons (Fsp3) is 0.462. The molecule has 7 heteroatoms. The minimum absolute atomic E-state index is 0.0157. The molecule has 1 amide bonds. The van der Waals surface area contributed by atoms with Gasteiger partial charge in [0.05, 0.1) is 6.04 Å². The molecule has 0 bridgehead atoms. The topological polar surface area (TPSA) is 64.4 Å². The van der Waals surface area contributed by atoms with Gasteiger partial charge in [0.15, 0.2) is 0 Å². The molecule has 0 spiro atoms. The molecule has 0 aliphatic heterocycles. The highest BCUT2D eigenvalue weighted by atomic mass is 35.5. The number of halogens is 3. The molecule has 1 rings (SSSR count). The fourth-order valence-electron chi connectivity index (χ4n) is 1.50. The third kappa shape index (κ3) is 4.94. The molecule has 3 N–H and O–H groups in total. The largest absolute Gasteiger partial charge is 0.434 e. The van der Waals surface area contributed by atoms with E-state index in [4.69, 9.17) is 17.3 Å². The van der Waals surface area contributed by atoms with Crippen LogP contribution >= 0.6 is 11.6 Å². The molecule has 4 nitrogen and oxygen atoms in total. The average Bonchev–Trinajstić information content (AvgIpc) is 2.37. The van der Waals surface area contributed by atoms with Crippen LogP contribution in [0.15, 0.2) is 18.2 Å². The number of nitrogens with one attached hydrogen (secondary N) is 1. The maximum absolute atomic E-state index is 12.3. The molecule has 0 heterocycles. The summed E-state index contributed by atoms with van der Waals surface area (Å²) in [5, 5.41) is 2.94. The zero-order valence-corrected chi connectivity index (χ0v) is 12.0. The van der Waals surface area contributed by atoms with Gasteiger partial charge in [-0.25, -0.2) is 0 Å². The monoisotopic (exact) mass is 306 g/mol. The van der Waals surface area contributed by atoms with E-state index in [0.29, 0.717) is 10.6 Å². The van der Waals surface area contributed by atoms with Gasteiger partial charge < -0.3 is 15.8 Å². The third-order valence-electron chi connectivity index (χ3n) is 2.71. The molecule has 0 fully saturated rings. The highest BCUT2D eigenvalue weighted by molar-refractivity contribution is 6.30. The molecular weight excluding hydrogens is 290 g/mol. The lowest BCUT2D eigenvalue weighted by Crippen LogP contribution is -2.43. The van der Waals surface area contributed by atoms with Crippen LogP contribution < -0.4 is 15.8 Å². The molecular formula is C13H17ClF2N2O2. The summed E-state index contributed by atoms with van der Waals surface area (Å²) in [6.07, 6.45) is 0. The molecule has 0 saturated carbocycles. The second-order valence-corrected chi connectivity index (χ2v) is 5.05. The van der Waals surface area contributed by atoms with Crippen molar-refractivity contribution >= 4 is 17.5 Å². The lowest BCUT2D eigenvalue weighted by molar-refractivity contribution is -0.123. The molecule has 0 radical (unpaired) electrons. The summed E-state index contributed by atoms with van der Waals surface area (Å²) in [4.78, 5) is 11.7. The van der Waals surface area contributed by atoms with Crippen molar-refractivity contribution in [3.8, 4) is 5.75 Å². The van der Waals surface area contributed by atoms with Crippen LogP contribution in [0.3, 0.4) is 0 Å². The van der Waals surface area contributed by atoms with Crippen LogP contribution in [0.4, 0.5) is 8.78 Å². The van der Waals surface area contributed by atoms with E-state index in [1.165, 1.54) is 18.2 Å². The maximum atomic E-state index is 12.3. The number of nitrogens with two attached hydrogens (primary N) is 1. The first-order chi connectivity index (χ1) is 9.31. The average molecular weight is 307 g/mol. The van der Waals surface area contributed by atoms with E-state index in [-0.39, 0.29) is 24.1 Å². The van der Waals surface area contributed by atoms with E-state index in [0.717, 1.165) is 0 Å². The number of carbonyl (C=O) groups excluding carboxylic acids is 1.